The summed E-state index contributed by atoms with van der Waals surface area (Å²) in [5.41, 5.74) is 5.41. The van der Waals surface area contributed by atoms with Gasteiger partial charge in [-0.15, -0.1) is 0 Å². The Balaban J connectivity index is 2.01. The second kappa shape index (κ2) is 5.74. The van der Waals surface area contributed by atoms with Crippen LogP contribution >= 0.6 is 0 Å². The van der Waals surface area contributed by atoms with E-state index in [2.05, 4.69) is 37.8 Å². The number of benzene rings is 1. The van der Waals surface area contributed by atoms with E-state index in [4.69, 9.17) is 5.11 Å². The number of likely N-dealkylation sites (tertiary alicyclic amines) is 1. The van der Waals surface area contributed by atoms with Gasteiger partial charge in [0.2, 0.25) is 0 Å². The van der Waals surface area contributed by atoms with E-state index in [9.17, 15) is 4.79 Å². The van der Waals surface area contributed by atoms with E-state index in [1.54, 1.807) is 0 Å². The molecule has 1 saturated heterocycles. The number of nitrogens with zero attached hydrogens (tertiary/aromatic N) is 1. The quantitative estimate of drug-likeness (QED) is 0.906. The molecule has 0 amide bonds. The van der Waals surface area contributed by atoms with Crippen LogP contribution < -0.4 is 0 Å². The zero-order valence-corrected chi connectivity index (χ0v) is 12.1. The van der Waals surface area contributed by atoms with Crippen LogP contribution in [0.25, 0.3) is 0 Å². The topological polar surface area (TPSA) is 40.5 Å². The maximum Gasteiger partial charge on any atom is 0.303 e. The number of hydrogen-bond donors (Lipinski definition) is 1. The minimum Gasteiger partial charge on any atom is -0.481 e. The van der Waals surface area contributed by atoms with Gasteiger partial charge in [-0.1, -0.05) is 17.7 Å². The molecule has 1 atom stereocenters. The molecule has 1 unspecified atom stereocenters. The Hall–Kier alpha value is -1.35. The first-order chi connectivity index (χ1) is 8.95. The molecule has 0 spiro atoms. The van der Waals surface area contributed by atoms with Crippen LogP contribution in [0.5, 0.6) is 0 Å². The third-order valence-corrected chi connectivity index (χ3v) is 4.06. The van der Waals surface area contributed by atoms with E-state index < -0.39 is 5.97 Å². The number of carboxylic acids is 1. The zero-order valence-electron chi connectivity index (χ0n) is 12.1. The summed E-state index contributed by atoms with van der Waals surface area (Å²) in [5.74, 6) is -0.349. The van der Waals surface area contributed by atoms with Crippen LogP contribution in [0.3, 0.4) is 0 Å². The van der Waals surface area contributed by atoms with Gasteiger partial charge in [-0.05, 0) is 56.3 Å². The summed E-state index contributed by atoms with van der Waals surface area (Å²) in [5, 5.41) is 8.85. The highest BCUT2D eigenvalue weighted by Crippen LogP contribution is 2.24. The first kappa shape index (κ1) is 14.1. The number of carboxylic acid groups (broad SMARTS) is 1. The van der Waals surface area contributed by atoms with Gasteiger partial charge in [0, 0.05) is 19.5 Å². The van der Waals surface area contributed by atoms with Crippen LogP contribution in [-0.4, -0.2) is 29.1 Å². The molecule has 0 radical (unpaired) electrons. The molecule has 104 valence electrons. The van der Waals surface area contributed by atoms with Gasteiger partial charge in [-0.3, -0.25) is 9.69 Å². The van der Waals surface area contributed by atoms with E-state index in [1.165, 1.54) is 22.3 Å². The molecule has 1 aromatic carbocycles. The van der Waals surface area contributed by atoms with Gasteiger partial charge in [0.25, 0.3) is 0 Å². The van der Waals surface area contributed by atoms with Gasteiger partial charge in [-0.2, -0.15) is 0 Å². The minimum absolute atomic E-state index is 0.308. The summed E-state index contributed by atoms with van der Waals surface area (Å²) in [6.07, 6.45) is 1.32. The van der Waals surface area contributed by atoms with Crippen LogP contribution in [0, 0.1) is 26.7 Å². The molecule has 3 heteroatoms. The maximum atomic E-state index is 10.7. The van der Waals surface area contributed by atoms with Gasteiger partial charge in [-0.25, -0.2) is 0 Å². The first-order valence-electron chi connectivity index (χ1n) is 6.96. The Labute approximate surface area is 115 Å². The van der Waals surface area contributed by atoms with Crippen LogP contribution in [-0.2, 0) is 11.3 Å². The Morgan fingerprint density at radius 2 is 1.95 bits per heavy atom. The molecule has 0 bridgehead atoms. The zero-order chi connectivity index (χ0) is 14.0. The molecule has 1 N–H and O–H groups in total. The highest BCUT2D eigenvalue weighted by Gasteiger charge is 2.24. The lowest BCUT2D eigenvalue weighted by Crippen LogP contribution is -2.22. The molecule has 1 aromatic rings. The van der Waals surface area contributed by atoms with E-state index >= 15 is 0 Å². The van der Waals surface area contributed by atoms with Crippen LogP contribution in [0.4, 0.5) is 0 Å². The fourth-order valence-electron chi connectivity index (χ4n) is 3.15. The average Bonchev–Trinajstić information content (AvgIpc) is 2.70. The third kappa shape index (κ3) is 3.57. The Bertz CT molecular complexity index is 459. The van der Waals surface area contributed by atoms with Crippen molar-refractivity contribution in [3.8, 4) is 0 Å². The van der Waals surface area contributed by atoms with Gasteiger partial charge in [0.15, 0.2) is 0 Å². The molecule has 1 aliphatic rings. The van der Waals surface area contributed by atoms with Crippen LogP contribution in [0.2, 0.25) is 0 Å². The number of aryl methyl sites for hydroxylation is 3. The predicted octanol–water partition coefficient (Wildman–Crippen LogP) is 2.91. The third-order valence-electron chi connectivity index (χ3n) is 4.06. The van der Waals surface area contributed by atoms with Gasteiger partial charge in [0.1, 0.15) is 0 Å². The summed E-state index contributed by atoms with van der Waals surface area (Å²) in [4.78, 5) is 13.1. The summed E-state index contributed by atoms with van der Waals surface area (Å²) in [6.45, 7) is 9.35. The van der Waals surface area contributed by atoms with Gasteiger partial charge >= 0.3 is 5.97 Å². The molecular weight excluding hydrogens is 238 g/mol. The van der Waals surface area contributed by atoms with Gasteiger partial charge in [0.05, 0.1) is 0 Å². The Morgan fingerprint density at radius 3 is 2.53 bits per heavy atom. The molecular formula is C16H23NO2. The van der Waals surface area contributed by atoms with Crippen molar-refractivity contribution in [1.29, 1.82) is 0 Å². The Morgan fingerprint density at radius 1 is 1.32 bits per heavy atom. The molecule has 0 aliphatic carbocycles. The molecule has 3 nitrogen and oxygen atoms in total. The largest absolute Gasteiger partial charge is 0.481 e. The van der Waals surface area contributed by atoms with Crippen molar-refractivity contribution in [2.75, 3.05) is 13.1 Å². The van der Waals surface area contributed by atoms with E-state index in [0.29, 0.717) is 12.3 Å². The highest BCUT2D eigenvalue weighted by atomic mass is 16.4. The smallest absolute Gasteiger partial charge is 0.303 e. The summed E-state index contributed by atoms with van der Waals surface area (Å²) in [6, 6.07) is 4.46. The SMILES string of the molecule is Cc1cc(C)c(CN2CCC(CC(=O)O)C2)c(C)c1. The molecule has 2 rings (SSSR count). The Kier molecular flexibility index (Phi) is 4.25. The van der Waals surface area contributed by atoms with Crippen molar-refractivity contribution in [2.45, 2.75) is 40.2 Å². The molecule has 0 saturated carbocycles. The van der Waals surface area contributed by atoms with Gasteiger partial charge < -0.3 is 5.11 Å². The van der Waals surface area contributed by atoms with E-state index in [1.807, 2.05) is 0 Å². The number of rotatable bonds is 4. The summed E-state index contributed by atoms with van der Waals surface area (Å²) < 4.78 is 0. The van der Waals surface area contributed by atoms with Crippen LogP contribution in [0.15, 0.2) is 12.1 Å². The van der Waals surface area contributed by atoms with E-state index in [-0.39, 0.29) is 0 Å². The molecule has 1 aliphatic heterocycles. The lowest BCUT2D eigenvalue weighted by Gasteiger charge is -2.19. The van der Waals surface area contributed by atoms with Crippen LogP contribution in [0.1, 0.15) is 35.1 Å². The summed E-state index contributed by atoms with van der Waals surface area (Å²) in [7, 11) is 0. The maximum absolute atomic E-state index is 10.7. The fourth-order valence-corrected chi connectivity index (χ4v) is 3.15. The van der Waals surface area contributed by atoms with Crippen molar-refractivity contribution in [2.24, 2.45) is 5.92 Å². The lowest BCUT2D eigenvalue weighted by atomic mass is 9.99. The highest BCUT2D eigenvalue weighted by molar-refractivity contribution is 5.67. The number of aliphatic carboxylic acids is 1. The van der Waals surface area contributed by atoms with Crippen molar-refractivity contribution in [3.05, 3.63) is 34.4 Å². The fraction of sp³-hybridized carbons (Fsp3) is 0.562. The molecule has 1 heterocycles. The predicted molar refractivity (Wildman–Crippen MR) is 76.3 cm³/mol. The van der Waals surface area contributed by atoms with Crippen molar-refractivity contribution >= 4 is 5.97 Å². The van der Waals surface area contributed by atoms with Crippen molar-refractivity contribution in [3.63, 3.8) is 0 Å². The standard InChI is InChI=1S/C16H23NO2/c1-11-6-12(2)15(13(3)7-11)10-17-5-4-14(9-17)8-16(18)19/h6-7,14H,4-5,8-10H2,1-3H3,(H,18,19). The molecule has 19 heavy (non-hydrogen) atoms. The second-order valence-corrected chi connectivity index (χ2v) is 5.86. The lowest BCUT2D eigenvalue weighted by molar-refractivity contribution is -0.138. The average molecular weight is 261 g/mol. The monoisotopic (exact) mass is 261 g/mol. The minimum atomic E-state index is -0.672. The number of hydrogen-bond acceptors (Lipinski definition) is 2. The normalized spacial score (nSPS) is 19.8. The van der Waals surface area contributed by atoms with Crippen molar-refractivity contribution in [1.82, 2.24) is 4.90 Å². The molecule has 0 aromatic heterocycles. The van der Waals surface area contributed by atoms with Crippen molar-refractivity contribution < 1.29 is 9.90 Å². The first-order valence-corrected chi connectivity index (χ1v) is 6.96. The summed E-state index contributed by atoms with van der Waals surface area (Å²) >= 11 is 0. The number of carbonyl (C=O) groups is 1. The van der Waals surface area contributed by atoms with E-state index in [0.717, 1.165) is 26.1 Å². The molecule has 1 fully saturated rings. The second-order valence-electron chi connectivity index (χ2n) is 5.86.